The smallest absolute Gasteiger partial charge is 0.305 e. The molecule has 0 aromatic heterocycles. The minimum absolute atomic E-state index is 0.0199. The van der Waals surface area contributed by atoms with E-state index in [1.54, 1.807) is 0 Å². The number of ketones is 2. The molecule has 1 fully saturated rings. The topological polar surface area (TPSA) is 101 Å². The van der Waals surface area contributed by atoms with Crippen LogP contribution in [-0.2, 0) is 19.1 Å². The van der Waals surface area contributed by atoms with E-state index >= 15 is 0 Å². The van der Waals surface area contributed by atoms with Gasteiger partial charge in [-0.3, -0.25) is 14.4 Å². The molecule has 0 aromatic rings. The van der Waals surface area contributed by atoms with Crippen molar-refractivity contribution in [1.29, 1.82) is 0 Å². The van der Waals surface area contributed by atoms with Crippen LogP contribution in [0.25, 0.3) is 0 Å². The molecule has 6 nitrogen and oxygen atoms in total. The molecule has 0 radical (unpaired) electrons. The van der Waals surface area contributed by atoms with Crippen LogP contribution in [-0.4, -0.2) is 45.6 Å². The Bertz CT molecular complexity index is 410. The third-order valence-electron chi connectivity index (χ3n) is 3.82. The summed E-state index contributed by atoms with van der Waals surface area (Å²) in [6.45, 7) is 2.42. The third-order valence-corrected chi connectivity index (χ3v) is 3.82. The molecule has 0 saturated carbocycles. The molecule has 0 spiro atoms. The van der Waals surface area contributed by atoms with Gasteiger partial charge >= 0.3 is 5.97 Å². The van der Waals surface area contributed by atoms with Gasteiger partial charge < -0.3 is 14.9 Å². The number of ether oxygens (including phenoxy) is 1. The molecule has 0 bridgehead atoms. The molecule has 1 heterocycles. The van der Waals surface area contributed by atoms with Crippen LogP contribution in [0, 0.1) is 0 Å². The van der Waals surface area contributed by atoms with Crippen LogP contribution >= 0.6 is 0 Å². The van der Waals surface area contributed by atoms with Crippen LogP contribution in [0.2, 0.25) is 0 Å². The Kier molecular flexibility index (Phi) is 6.04. The fourth-order valence-corrected chi connectivity index (χ4v) is 2.20. The normalized spacial score (nSPS) is 34.2. The molecule has 0 amide bonds. The maximum atomic E-state index is 11.9. The molecule has 1 aliphatic heterocycles. The fourth-order valence-electron chi connectivity index (χ4n) is 2.20. The minimum Gasteiger partial charge on any atom is -0.462 e. The Morgan fingerprint density at radius 1 is 0.857 bits per heavy atom. The first-order valence-corrected chi connectivity index (χ1v) is 7.32. The van der Waals surface area contributed by atoms with E-state index in [4.69, 9.17) is 4.74 Å². The molecular weight excluding hydrogens is 276 g/mol. The van der Waals surface area contributed by atoms with Crippen molar-refractivity contribution >= 4 is 17.5 Å². The van der Waals surface area contributed by atoms with E-state index in [0.29, 0.717) is 12.8 Å². The number of cyclic esters (lactones) is 1. The number of Topliss-reactive ketones (excluding diaryl/α,β-unsaturated/α-hetero) is 2. The summed E-state index contributed by atoms with van der Waals surface area (Å²) in [6, 6.07) is 0. The number of hydrogen-bond acceptors (Lipinski definition) is 6. The van der Waals surface area contributed by atoms with Crippen LogP contribution in [0.4, 0.5) is 0 Å². The SMILES string of the molecule is C[C@]1(O)CCCCC(=O)[C@@](C)(O)COC(=O)CCCC1=O. The van der Waals surface area contributed by atoms with Crippen molar-refractivity contribution in [2.75, 3.05) is 6.61 Å². The zero-order valence-electron chi connectivity index (χ0n) is 12.7. The van der Waals surface area contributed by atoms with Gasteiger partial charge in [0.2, 0.25) is 0 Å². The van der Waals surface area contributed by atoms with Gasteiger partial charge in [-0.05, 0) is 39.5 Å². The van der Waals surface area contributed by atoms with Crippen LogP contribution in [0.5, 0.6) is 0 Å². The summed E-state index contributed by atoms with van der Waals surface area (Å²) < 4.78 is 4.88. The summed E-state index contributed by atoms with van der Waals surface area (Å²) in [7, 11) is 0. The molecule has 0 unspecified atom stereocenters. The summed E-state index contributed by atoms with van der Waals surface area (Å²) >= 11 is 0. The second-order valence-electron chi connectivity index (χ2n) is 6.12. The zero-order valence-corrected chi connectivity index (χ0v) is 12.7. The number of carbonyl (C=O) groups excluding carboxylic acids is 3. The average Bonchev–Trinajstić information content (AvgIpc) is 2.40. The highest BCUT2D eigenvalue weighted by atomic mass is 16.5. The predicted molar refractivity (Wildman–Crippen MR) is 74.5 cm³/mol. The molecule has 1 rings (SSSR count). The van der Waals surface area contributed by atoms with Gasteiger partial charge in [0.1, 0.15) is 12.2 Å². The first-order chi connectivity index (χ1) is 9.65. The molecule has 0 aliphatic carbocycles. The summed E-state index contributed by atoms with van der Waals surface area (Å²) in [4.78, 5) is 35.2. The highest BCUT2D eigenvalue weighted by molar-refractivity contribution is 5.88. The van der Waals surface area contributed by atoms with Crippen molar-refractivity contribution in [3.05, 3.63) is 0 Å². The van der Waals surface area contributed by atoms with Gasteiger partial charge in [-0.25, -0.2) is 0 Å². The van der Waals surface area contributed by atoms with Crippen LogP contribution in [0.1, 0.15) is 58.8 Å². The van der Waals surface area contributed by atoms with Gasteiger partial charge in [0.05, 0.1) is 0 Å². The Hall–Kier alpha value is -1.27. The third kappa shape index (κ3) is 5.55. The molecule has 21 heavy (non-hydrogen) atoms. The van der Waals surface area contributed by atoms with Crippen molar-refractivity contribution in [1.82, 2.24) is 0 Å². The van der Waals surface area contributed by atoms with Crippen molar-refractivity contribution < 1.29 is 29.3 Å². The lowest BCUT2D eigenvalue weighted by atomic mass is 9.89. The quantitative estimate of drug-likeness (QED) is 0.645. The lowest BCUT2D eigenvalue weighted by Gasteiger charge is -2.24. The summed E-state index contributed by atoms with van der Waals surface area (Å²) in [6.07, 6.45) is 1.78. The first kappa shape index (κ1) is 17.8. The average molecular weight is 300 g/mol. The van der Waals surface area contributed by atoms with E-state index in [1.807, 2.05) is 0 Å². The molecule has 2 atom stereocenters. The Morgan fingerprint density at radius 3 is 2.10 bits per heavy atom. The molecular formula is C15H24O6. The highest BCUT2D eigenvalue weighted by Gasteiger charge is 2.33. The van der Waals surface area contributed by atoms with E-state index < -0.39 is 23.0 Å². The van der Waals surface area contributed by atoms with Gasteiger partial charge in [-0.2, -0.15) is 0 Å². The van der Waals surface area contributed by atoms with Gasteiger partial charge in [0.25, 0.3) is 0 Å². The first-order valence-electron chi connectivity index (χ1n) is 7.32. The van der Waals surface area contributed by atoms with Gasteiger partial charge in [0, 0.05) is 19.3 Å². The lowest BCUT2D eigenvalue weighted by Crippen LogP contribution is -2.41. The van der Waals surface area contributed by atoms with Crippen molar-refractivity contribution in [2.24, 2.45) is 0 Å². The van der Waals surface area contributed by atoms with Gasteiger partial charge in [0.15, 0.2) is 17.2 Å². The molecule has 0 aromatic carbocycles. The van der Waals surface area contributed by atoms with Gasteiger partial charge in [-0.15, -0.1) is 0 Å². The molecule has 1 saturated heterocycles. The minimum atomic E-state index is -1.68. The summed E-state index contributed by atoms with van der Waals surface area (Å²) in [5.74, 6) is -1.27. The van der Waals surface area contributed by atoms with E-state index in [0.717, 1.165) is 0 Å². The standard InChI is InChI=1S/C15H24O6/c1-14(19)9-4-3-6-12(17)15(2,20)10-21-13(18)8-5-7-11(14)16/h19-20H,3-10H2,1-2H3/t14-,15-/m0/s1. The van der Waals surface area contributed by atoms with Crippen LogP contribution < -0.4 is 0 Å². The molecule has 120 valence electrons. The molecule has 6 heteroatoms. The Morgan fingerprint density at radius 2 is 1.43 bits per heavy atom. The second-order valence-corrected chi connectivity index (χ2v) is 6.12. The van der Waals surface area contributed by atoms with Crippen molar-refractivity contribution in [3.63, 3.8) is 0 Å². The lowest BCUT2D eigenvalue weighted by molar-refractivity contribution is -0.156. The van der Waals surface area contributed by atoms with Crippen LogP contribution in [0.15, 0.2) is 0 Å². The van der Waals surface area contributed by atoms with E-state index in [1.165, 1.54) is 13.8 Å². The van der Waals surface area contributed by atoms with Gasteiger partial charge in [-0.1, -0.05) is 0 Å². The summed E-state index contributed by atoms with van der Waals surface area (Å²) in [5.41, 5.74) is -3.11. The zero-order chi connectivity index (χ0) is 16.1. The molecule has 2 N–H and O–H groups in total. The maximum absolute atomic E-state index is 11.9. The monoisotopic (exact) mass is 300 g/mol. The van der Waals surface area contributed by atoms with E-state index in [2.05, 4.69) is 0 Å². The number of esters is 1. The Balaban J connectivity index is 2.73. The van der Waals surface area contributed by atoms with Crippen molar-refractivity contribution in [3.8, 4) is 0 Å². The largest absolute Gasteiger partial charge is 0.462 e. The van der Waals surface area contributed by atoms with E-state index in [-0.39, 0.29) is 44.5 Å². The number of rotatable bonds is 0. The van der Waals surface area contributed by atoms with Crippen LogP contribution in [0.3, 0.4) is 0 Å². The number of carbonyl (C=O) groups is 3. The van der Waals surface area contributed by atoms with Crippen molar-refractivity contribution in [2.45, 2.75) is 70.0 Å². The number of aliphatic hydroxyl groups is 2. The second kappa shape index (κ2) is 7.13. The maximum Gasteiger partial charge on any atom is 0.305 e. The number of hydrogen-bond donors (Lipinski definition) is 2. The Labute approximate surface area is 124 Å². The molecule has 1 aliphatic rings. The highest BCUT2D eigenvalue weighted by Crippen LogP contribution is 2.21. The summed E-state index contributed by atoms with van der Waals surface area (Å²) in [5, 5.41) is 20.1. The predicted octanol–water partition coefficient (Wildman–Crippen LogP) is 0.914. The fraction of sp³-hybridized carbons (Fsp3) is 0.800. The van der Waals surface area contributed by atoms with E-state index in [9.17, 15) is 24.6 Å².